The minimum absolute atomic E-state index is 0.0181. The van der Waals surface area contributed by atoms with Crippen LogP contribution in [0.3, 0.4) is 0 Å². The minimum Gasteiger partial charge on any atom is -0.469 e. The normalized spacial score (nSPS) is 11.7. The number of alkyl halides is 3. The van der Waals surface area contributed by atoms with Crippen LogP contribution in [0.1, 0.15) is 5.56 Å². The monoisotopic (exact) mass is 390 g/mol. The average molecular weight is 390 g/mol. The van der Waals surface area contributed by atoms with E-state index in [1.54, 1.807) is 0 Å². The molecule has 2 aromatic rings. The van der Waals surface area contributed by atoms with E-state index in [2.05, 4.69) is 9.47 Å². The highest BCUT2D eigenvalue weighted by atomic mass is 32.2. The molecule has 10 heteroatoms. The highest BCUT2D eigenvalue weighted by molar-refractivity contribution is 7.87. The Morgan fingerprint density at radius 1 is 0.962 bits per heavy atom. The molecule has 2 rings (SSSR count). The summed E-state index contributed by atoms with van der Waals surface area (Å²) >= 11 is 0. The smallest absolute Gasteiger partial charge is 0.469 e. The first-order valence-corrected chi connectivity index (χ1v) is 8.46. The van der Waals surface area contributed by atoms with Crippen molar-refractivity contribution in [3.63, 3.8) is 0 Å². The first-order valence-electron chi connectivity index (χ1n) is 7.05. The fourth-order valence-electron chi connectivity index (χ4n) is 1.88. The molecule has 0 aromatic heterocycles. The predicted molar refractivity (Wildman–Crippen MR) is 83.1 cm³/mol. The van der Waals surface area contributed by atoms with E-state index in [0.29, 0.717) is 5.56 Å². The number of hydrogen-bond acceptors (Lipinski definition) is 6. The number of methoxy groups -OCH3 is 1. The average Bonchev–Trinajstić information content (AvgIpc) is 2.55. The molecule has 6 nitrogen and oxygen atoms in total. The fourth-order valence-corrected chi connectivity index (χ4v) is 2.81. The van der Waals surface area contributed by atoms with Crippen molar-refractivity contribution < 1.29 is 40.0 Å². The van der Waals surface area contributed by atoms with E-state index in [1.165, 1.54) is 31.4 Å². The Hall–Kier alpha value is -2.75. The number of halogens is 3. The van der Waals surface area contributed by atoms with E-state index in [4.69, 9.17) is 4.18 Å². The van der Waals surface area contributed by atoms with Crippen molar-refractivity contribution in [3.8, 4) is 11.5 Å². The molecule has 26 heavy (non-hydrogen) atoms. The molecule has 0 spiro atoms. The quantitative estimate of drug-likeness (QED) is 0.557. The molecule has 0 N–H and O–H groups in total. The van der Waals surface area contributed by atoms with Crippen LogP contribution in [-0.4, -0.2) is 27.9 Å². The zero-order valence-electron chi connectivity index (χ0n) is 13.3. The highest BCUT2D eigenvalue weighted by Gasteiger charge is 2.31. The van der Waals surface area contributed by atoms with Crippen molar-refractivity contribution in [2.45, 2.75) is 17.7 Å². The lowest BCUT2D eigenvalue weighted by Crippen LogP contribution is -2.17. The van der Waals surface area contributed by atoms with Gasteiger partial charge in [0.2, 0.25) is 0 Å². The van der Waals surface area contributed by atoms with Gasteiger partial charge in [0, 0.05) is 0 Å². The van der Waals surface area contributed by atoms with Crippen LogP contribution in [0.15, 0.2) is 53.4 Å². The lowest BCUT2D eigenvalue weighted by atomic mass is 10.1. The van der Waals surface area contributed by atoms with Crippen molar-refractivity contribution in [1.82, 2.24) is 0 Å². The first kappa shape index (κ1) is 19.6. The van der Waals surface area contributed by atoms with E-state index in [1.807, 2.05) is 0 Å². The second-order valence-corrected chi connectivity index (χ2v) is 6.50. The Kier molecular flexibility index (Phi) is 5.76. The third-order valence-corrected chi connectivity index (χ3v) is 4.31. The summed E-state index contributed by atoms with van der Waals surface area (Å²) in [7, 11) is -3.00. The van der Waals surface area contributed by atoms with Gasteiger partial charge in [0.1, 0.15) is 16.4 Å². The van der Waals surface area contributed by atoms with Gasteiger partial charge in [-0.05, 0) is 42.0 Å². The summed E-state index contributed by atoms with van der Waals surface area (Å²) in [6.45, 7) is 0. The van der Waals surface area contributed by atoms with Crippen LogP contribution in [0.25, 0.3) is 0 Å². The number of benzene rings is 2. The number of hydrogen-bond donors (Lipinski definition) is 0. The lowest BCUT2D eigenvalue weighted by molar-refractivity contribution is -0.274. The Balaban J connectivity index is 2.09. The molecule has 0 bridgehead atoms. The maximum absolute atomic E-state index is 12.1. The summed E-state index contributed by atoms with van der Waals surface area (Å²) in [5.74, 6) is -1.02. The van der Waals surface area contributed by atoms with Gasteiger partial charge in [-0.15, -0.1) is 13.2 Å². The van der Waals surface area contributed by atoms with Crippen LogP contribution in [0, 0.1) is 0 Å². The van der Waals surface area contributed by atoms with Gasteiger partial charge in [0.25, 0.3) is 0 Å². The van der Waals surface area contributed by atoms with Gasteiger partial charge in [0.05, 0.1) is 13.5 Å². The summed E-state index contributed by atoms with van der Waals surface area (Å²) in [4.78, 5) is 10.8. The van der Waals surface area contributed by atoms with Gasteiger partial charge in [-0.1, -0.05) is 12.1 Å². The van der Waals surface area contributed by atoms with Crippen LogP contribution >= 0.6 is 0 Å². The van der Waals surface area contributed by atoms with Crippen molar-refractivity contribution in [1.29, 1.82) is 0 Å². The van der Waals surface area contributed by atoms with E-state index in [-0.39, 0.29) is 17.1 Å². The highest BCUT2D eigenvalue weighted by Crippen LogP contribution is 2.25. The second-order valence-electron chi connectivity index (χ2n) is 4.95. The predicted octanol–water partition coefficient (Wildman–Crippen LogP) is 3.07. The van der Waals surface area contributed by atoms with Crippen molar-refractivity contribution in [2.75, 3.05) is 7.11 Å². The van der Waals surface area contributed by atoms with Gasteiger partial charge in [0.15, 0.2) is 0 Å². The zero-order chi connectivity index (χ0) is 19.4. The molecule has 0 radical (unpaired) electrons. The van der Waals surface area contributed by atoms with Crippen molar-refractivity contribution in [2.24, 2.45) is 0 Å². The molecular formula is C16H13F3O6S. The van der Waals surface area contributed by atoms with Gasteiger partial charge < -0.3 is 13.7 Å². The second kappa shape index (κ2) is 7.65. The summed E-state index contributed by atoms with van der Waals surface area (Å²) in [6, 6.07) is 9.26. The number of rotatable bonds is 6. The standard InChI is InChI=1S/C16H13F3O6S/c1-23-15(20)10-11-2-4-13(5-3-11)25-26(21,22)14-8-6-12(7-9-14)24-16(17,18)19/h2-9H,10H2,1H3. The molecule has 140 valence electrons. The number of carbonyl (C=O) groups is 1. The van der Waals surface area contributed by atoms with Gasteiger partial charge in [-0.3, -0.25) is 4.79 Å². The largest absolute Gasteiger partial charge is 0.573 e. The molecule has 0 amide bonds. The number of carbonyl (C=O) groups excluding carboxylic acids is 1. The SMILES string of the molecule is COC(=O)Cc1ccc(OS(=O)(=O)c2ccc(OC(F)(F)F)cc2)cc1. The fraction of sp³-hybridized carbons (Fsp3) is 0.188. The van der Waals surface area contributed by atoms with Gasteiger partial charge in [-0.25, -0.2) is 0 Å². The van der Waals surface area contributed by atoms with Crippen LogP contribution in [-0.2, 0) is 26.1 Å². The molecule has 0 aliphatic heterocycles. The Bertz CT molecular complexity index is 858. The molecule has 0 unspecified atom stereocenters. The third-order valence-electron chi connectivity index (χ3n) is 3.05. The molecule has 0 aliphatic rings. The Labute approximate surface area is 147 Å². The zero-order valence-corrected chi connectivity index (χ0v) is 14.1. The first-order chi connectivity index (χ1) is 12.1. The van der Waals surface area contributed by atoms with Crippen LogP contribution in [0.2, 0.25) is 0 Å². The molecule has 0 heterocycles. The van der Waals surface area contributed by atoms with Crippen molar-refractivity contribution >= 4 is 16.1 Å². The number of ether oxygens (including phenoxy) is 2. The van der Waals surface area contributed by atoms with E-state index >= 15 is 0 Å². The van der Waals surface area contributed by atoms with Gasteiger partial charge in [-0.2, -0.15) is 8.42 Å². The Morgan fingerprint density at radius 2 is 1.50 bits per heavy atom. The Morgan fingerprint density at radius 3 is 2.00 bits per heavy atom. The van der Waals surface area contributed by atoms with Gasteiger partial charge >= 0.3 is 22.4 Å². The van der Waals surface area contributed by atoms with Crippen LogP contribution in [0.4, 0.5) is 13.2 Å². The molecule has 0 atom stereocenters. The summed E-state index contributed by atoms with van der Waals surface area (Å²) in [6.07, 6.45) is -4.85. The molecule has 0 saturated heterocycles. The van der Waals surface area contributed by atoms with Crippen molar-refractivity contribution in [3.05, 3.63) is 54.1 Å². The summed E-state index contributed by atoms with van der Waals surface area (Å²) < 4.78 is 73.7. The van der Waals surface area contributed by atoms with Crippen LogP contribution < -0.4 is 8.92 Å². The lowest BCUT2D eigenvalue weighted by Gasteiger charge is -2.10. The number of esters is 1. The molecule has 0 aliphatic carbocycles. The minimum atomic E-state index is -4.87. The summed E-state index contributed by atoms with van der Waals surface area (Å²) in [5.41, 5.74) is 0.593. The van der Waals surface area contributed by atoms with E-state index in [9.17, 15) is 26.4 Å². The molecule has 2 aromatic carbocycles. The van der Waals surface area contributed by atoms with E-state index < -0.39 is 28.2 Å². The maximum atomic E-state index is 12.1. The maximum Gasteiger partial charge on any atom is 0.573 e. The third kappa shape index (κ3) is 5.66. The molecule has 0 saturated carbocycles. The molecule has 0 fully saturated rings. The molecular weight excluding hydrogens is 377 g/mol. The topological polar surface area (TPSA) is 78.9 Å². The van der Waals surface area contributed by atoms with Crippen LogP contribution in [0.5, 0.6) is 11.5 Å². The van der Waals surface area contributed by atoms with E-state index in [0.717, 1.165) is 24.3 Å². The summed E-state index contributed by atoms with van der Waals surface area (Å²) in [5, 5.41) is 0.